The van der Waals surface area contributed by atoms with Gasteiger partial charge in [-0.05, 0) is 12.5 Å². The lowest BCUT2D eigenvalue weighted by atomic mass is 10.2. The van der Waals surface area contributed by atoms with Crippen LogP contribution in [0.1, 0.15) is 5.56 Å². The molecule has 1 amide bonds. The third-order valence-corrected chi connectivity index (χ3v) is 3.09. The summed E-state index contributed by atoms with van der Waals surface area (Å²) in [4.78, 5) is 21.8. The first-order chi connectivity index (χ1) is 8.22. The number of nitrogens with zero attached hydrogens (tertiary/aromatic N) is 3. The number of morpholine rings is 1. The molecule has 1 aromatic rings. The Kier molecular flexibility index (Phi) is 2.44. The molecule has 0 saturated carbocycles. The Balaban J connectivity index is 1.75. The van der Waals surface area contributed by atoms with Crippen molar-refractivity contribution in [3.05, 3.63) is 18.0 Å². The molecule has 0 radical (unpaired) electrons. The number of rotatable bonds is 1. The Labute approximate surface area is 99.0 Å². The molecule has 0 unspecified atom stereocenters. The summed E-state index contributed by atoms with van der Waals surface area (Å²) in [6, 6.07) is 0.0566. The van der Waals surface area contributed by atoms with Crippen LogP contribution in [0.15, 0.2) is 12.4 Å². The lowest BCUT2D eigenvalue weighted by molar-refractivity contribution is -0.134. The maximum Gasteiger partial charge on any atom is 0.246 e. The molecule has 2 aliphatic heterocycles. The van der Waals surface area contributed by atoms with Gasteiger partial charge >= 0.3 is 0 Å². The largest absolute Gasteiger partial charge is 0.364 e. The number of fused-ring (bicyclic) bond motifs is 1. The van der Waals surface area contributed by atoms with Gasteiger partial charge in [0.2, 0.25) is 11.9 Å². The Hall–Kier alpha value is -1.69. The molecule has 0 bridgehead atoms. The second kappa shape index (κ2) is 3.96. The number of aromatic nitrogens is 2. The Bertz CT molecular complexity index is 434. The Morgan fingerprint density at radius 2 is 2.18 bits per heavy atom. The summed E-state index contributed by atoms with van der Waals surface area (Å²) in [5.41, 5.74) is 1.04. The average Bonchev–Trinajstić information content (AvgIpc) is 2.72. The molecule has 0 aliphatic carbocycles. The average molecular weight is 234 g/mol. The van der Waals surface area contributed by atoms with Gasteiger partial charge in [0.25, 0.3) is 0 Å². The van der Waals surface area contributed by atoms with Crippen molar-refractivity contribution >= 4 is 11.9 Å². The first kappa shape index (κ1) is 10.5. The molecule has 0 spiro atoms. The van der Waals surface area contributed by atoms with Gasteiger partial charge in [0.1, 0.15) is 6.61 Å². The number of nitrogens with one attached hydrogen (secondary N) is 1. The number of anilines is 1. The van der Waals surface area contributed by atoms with Crippen molar-refractivity contribution in [1.29, 1.82) is 0 Å². The molecule has 1 aromatic heterocycles. The first-order valence-corrected chi connectivity index (χ1v) is 5.67. The number of ether oxygens (including phenoxy) is 1. The van der Waals surface area contributed by atoms with Gasteiger partial charge in [0.05, 0.1) is 12.1 Å². The van der Waals surface area contributed by atoms with Crippen LogP contribution < -0.4 is 10.2 Å². The minimum Gasteiger partial charge on any atom is -0.364 e. The number of amides is 1. The van der Waals surface area contributed by atoms with Crippen LogP contribution in [0.2, 0.25) is 0 Å². The van der Waals surface area contributed by atoms with E-state index in [4.69, 9.17) is 4.74 Å². The van der Waals surface area contributed by atoms with Crippen LogP contribution in [0.5, 0.6) is 0 Å². The van der Waals surface area contributed by atoms with Gasteiger partial charge in [-0.25, -0.2) is 9.97 Å². The van der Waals surface area contributed by atoms with E-state index in [-0.39, 0.29) is 24.7 Å². The zero-order valence-electron chi connectivity index (χ0n) is 9.59. The molecule has 2 saturated heterocycles. The minimum atomic E-state index is -0.0436. The van der Waals surface area contributed by atoms with Crippen molar-refractivity contribution < 1.29 is 9.53 Å². The molecule has 90 valence electrons. The van der Waals surface area contributed by atoms with Crippen LogP contribution >= 0.6 is 0 Å². The van der Waals surface area contributed by atoms with Gasteiger partial charge < -0.3 is 15.0 Å². The van der Waals surface area contributed by atoms with Gasteiger partial charge in [-0.2, -0.15) is 0 Å². The number of carbonyl (C=O) groups excluding carboxylic acids is 1. The quantitative estimate of drug-likeness (QED) is 0.708. The third kappa shape index (κ3) is 1.95. The van der Waals surface area contributed by atoms with Crippen LogP contribution in [-0.4, -0.2) is 47.7 Å². The predicted molar refractivity (Wildman–Crippen MR) is 60.7 cm³/mol. The van der Waals surface area contributed by atoms with Crippen molar-refractivity contribution in [3.63, 3.8) is 0 Å². The molecule has 2 atom stereocenters. The second-order valence-electron chi connectivity index (χ2n) is 4.49. The standard InChI is InChI=1S/C11H14N4O2/c1-7-2-12-11(13-3-7)15-4-8-9(5-15)17-6-10(16)14-8/h2-3,8-9H,4-6H2,1H3,(H,14,16)/t8-,9-/m0/s1. The highest BCUT2D eigenvalue weighted by Crippen LogP contribution is 2.20. The maximum absolute atomic E-state index is 11.2. The normalized spacial score (nSPS) is 27.8. The van der Waals surface area contributed by atoms with E-state index in [1.807, 2.05) is 11.8 Å². The minimum absolute atomic E-state index is 0.0436. The smallest absolute Gasteiger partial charge is 0.246 e. The van der Waals surface area contributed by atoms with Crippen LogP contribution in [0.3, 0.4) is 0 Å². The number of carbonyl (C=O) groups is 1. The van der Waals surface area contributed by atoms with E-state index in [9.17, 15) is 4.79 Å². The van der Waals surface area contributed by atoms with E-state index in [1.165, 1.54) is 0 Å². The van der Waals surface area contributed by atoms with Gasteiger partial charge in [0, 0.05) is 25.5 Å². The Morgan fingerprint density at radius 3 is 2.94 bits per heavy atom. The summed E-state index contributed by atoms with van der Waals surface area (Å²) in [6.07, 6.45) is 3.64. The molecule has 3 heterocycles. The van der Waals surface area contributed by atoms with Crippen molar-refractivity contribution in [2.45, 2.75) is 19.1 Å². The van der Waals surface area contributed by atoms with Crippen LogP contribution in [0.25, 0.3) is 0 Å². The summed E-state index contributed by atoms with van der Waals surface area (Å²) in [5, 5.41) is 2.93. The van der Waals surface area contributed by atoms with Gasteiger partial charge in [-0.15, -0.1) is 0 Å². The summed E-state index contributed by atoms with van der Waals surface area (Å²) in [6.45, 7) is 3.55. The lowest BCUT2D eigenvalue weighted by Gasteiger charge is -2.24. The molecule has 2 fully saturated rings. The summed E-state index contributed by atoms with van der Waals surface area (Å²) in [5.74, 6) is 0.653. The van der Waals surface area contributed by atoms with Crippen LogP contribution in [0.4, 0.5) is 5.95 Å². The maximum atomic E-state index is 11.2. The number of aryl methyl sites for hydroxylation is 1. The zero-order valence-corrected chi connectivity index (χ0v) is 9.59. The van der Waals surface area contributed by atoms with Crippen LogP contribution in [-0.2, 0) is 9.53 Å². The fourth-order valence-corrected chi connectivity index (χ4v) is 2.22. The summed E-state index contributed by atoms with van der Waals surface area (Å²) < 4.78 is 5.48. The molecule has 17 heavy (non-hydrogen) atoms. The molecule has 2 aliphatic rings. The third-order valence-electron chi connectivity index (χ3n) is 3.09. The zero-order chi connectivity index (χ0) is 11.8. The van der Waals surface area contributed by atoms with Crippen molar-refractivity contribution in [1.82, 2.24) is 15.3 Å². The van der Waals surface area contributed by atoms with Gasteiger partial charge in [-0.1, -0.05) is 0 Å². The molecule has 0 aromatic carbocycles. The summed E-state index contributed by atoms with van der Waals surface area (Å²) >= 11 is 0. The van der Waals surface area contributed by atoms with Gasteiger partial charge in [-0.3, -0.25) is 4.79 Å². The molecular weight excluding hydrogens is 220 g/mol. The molecule has 6 nitrogen and oxygen atoms in total. The van der Waals surface area contributed by atoms with Crippen molar-refractivity contribution in [2.24, 2.45) is 0 Å². The topological polar surface area (TPSA) is 67.4 Å². The molecular formula is C11H14N4O2. The monoisotopic (exact) mass is 234 g/mol. The van der Waals surface area contributed by atoms with E-state index in [1.54, 1.807) is 12.4 Å². The fraction of sp³-hybridized carbons (Fsp3) is 0.545. The summed E-state index contributed by atoms with van der Waals surface area (Å²) in [7, 11) is 0. The van der Waals surface area contributed by atoms with Crippen LogP contribution in [0, 0.1) is 6.92 Å². The fourth-order valence-electron chi connectivity index (χ4n) is 2.22. The van der Waals surface area contributed by atoms with E-state index < -0.39 is 0 Å². The second-order valence-corrected chi connectivity index (χ2v) is 4.49. The molecule has 6 heteroatoms. The molecule has 1 N–H and O–H groups in total. The highest BCUT2D eigenvalue weighted by Gasteiger charge is 2.38. The van der Waals surface area contributed by atoms with Crippen molar-refractivity contribution in [2.75, 3.05) is 24.6 Å². The van der Waals surface area contributed by atoms with E-state index in [0.29, 0.717) is 12.5 Å². The molecule has 3 rings (SSSR count). The first-order valence-electron chi connectivity index (χ1n) is 5.67. The number of hydrogen-bond acceptors (Lipinski definition) is 5. The van der Waals surface area contributed by atoms with E-state index in [2.05, 4.69) is 15.3 Å². The Morgan fingerprint density at radius 1 is 1.41 bits per heavy atom. The predicted octanol–water partition coefficient (Wildman–Crippen LogP) is -0.511. The van der Waals surface area contributed by atoms with E-state index >= 15 is 0 Å². The lowest BCUT2D eigenvalue weighted by Crippen LogP contribution is -2.50. The van der Waals surface area contributed by atoms with E-state index in [0.717, 1.165) is 12.1 Å². The SMILES string of the molecule is Cc1cnc(N2C[C@@H]3NC(=O)CO[C@H]3C2)nc1. The highest BCUT2D eigenvalue weighted by molar-refractivity contribution is 5.78. The van der Waals surface area contributed by atoms with Gasteiger partial charge in [0.15, 0.2) is 0 Å². The van der Waals surface area contributed by atoms with Crippen molar-refractivity contribution in [3.8, 4) is 0 Å². The number of hydrogen-bond donors (Lipinski definition) is 1. The highest BCUT2D eigenvalue weighted by atomic mass is 16.5.